The number of benzene rings is 2. The number of ketones is 3. The smallest absolute Gasteiger partial charge is 0.203 e. The van der Waals surface area contributed by atoms with E-state index in [1.54, 1.807) is 19.9 Å². The summed E-state index contributed by atoms with van der Waals surface area (Å²) in [5, 5.41) is 45.3. The minimum Gasteiger partial charge on any atom is -0.508 e. The summed E-state index contributed by atoms with van der Waals surface area (Å²) in [6, 6.07) is 11.5. The number of hydrogen-bond donors (Lipinski definition) is 4. The quantitative estimate of drug-likeness (QED) is 0.307. The summed E-state index contributed by atoms with van der Waals surface area (Å²) in [5.74, 6) is -3.98. The van der Waals surface area contributed by atoms with Crippen molar-refractivity contribution in [3.05, 3.63) is 70.0 Å². The van der Waals surface area contributed by atoms with Gasteiger partial charge in [0.05, 0.1) is 5.56 Å². The Hall–Kier alpha value is -3.71. The molecule has 0 saturated heterocycles. The first-order chi connectivity index (χ1) is 19.4. The van der Waals surface area contributed by atoms with Gasteiger partial charge in [0.1, 0.15) is 22.8 Å². The van der Waals surface area contributed by atoms with Crippen molar-refractivity contribution in [3.63, 3.8) is 0 Å². The van der Waals surface area contributed by atoms with Gasteiger partial charge in [-0.25, -0.2) is 0 Å². The van der Waals surface area contributed by atoms with E-state index in [2.05, 4.69) is 32.9 Å². The first-order valence-corrected chi connectivity index (χ1v) is 14.6. The highest BCUT2D eigenvalue weighted by Crippen LogP contribution is 2.63. The number of phenols is 1. The van der Waals surface area contributed by atoms with Crippen LogP contribution in [0.3, 0.4) is 0 Å². The topological polar surface area (TPSA) is 132 Å². The van der Waals surface area contributed by atoms with E-state index in [1.807, 2.05) is 12.1 Å². The van der Waals surface area contributed by atoms with Gasteiger partial charge in [-0.1, -0.05) is 65.0 Å². The lowest BCUT2D eigenvalue weighted by Gasteiger charge is -2.56. The minimum atomic E-state index is -2.57. The Labute approximate surface area is 246 Å². The zero-order valence-corrected chi connectivity index (χ0v) is 25.2. The van der Waals surface area contributed by atoms with Crippen molar-refractivity contribution in [2.45, 2.75) is 85.7 Å². The fourth-order valence-electron chi connectivity index (χ4n) is 7.60. The monoisotopic (exact) mass is 572 g/mol. The highest BCUT2D eigenvalue weighted by atomic mass is 16.3. The molecule has 2 aromatic carbocycles. The second-order valence-electron chi connectivity index (χ2n) is 14.2. The van der Waals surface area contributed by atoms with Crippen LogP contribution in [0.5, 0.6) is 5.75 Å². The van der Waals surface area contributed by atoms with Crippen LogP contribution >= 0.6 is 0 Å². The average molecular weight is 573 g/mol. The van der Waals surface area contributed by atoms with Gasteiger partial charge in [-0.3, -0.25) is 14.4 Å². The van der Waals surface area contributed by atoms with E-state index in [4.69, 9.17) is 0 Å². The van der Waals surface area contributed by atoms with Crippen molar-refractivity contribution in [1.82, 2.24) is 0 Å². The van der Waals surface area contributed by atoms with E-state index < -0.39 is 50.9 Å². The highest BCUT2D eigenvalue weighted by molar-refractivity contribution is 6.23. The molecule has 3 atom stereocenters. The zero-order chi connectivity index (χ0) is 31.0. The normalized spacial score (nSPS) is 27.5. The molecule has 0 unspecified atom stereocenters. The Morgan fingerprint density at radius 3 is 2.19 bits per heavy atom. The van der Waals surface area contributed by atoms with Crippen LogP contribution in [-0.4, -0.2) is 43.4 Å². The van der Waals surface area contributed by atoms with E-state index in [9.17, 15) is 34.8 Å². The molecule has 0 bridgehead atoms. The molecule has 42 heavy (non-hydrogen) atoms. The molecule has 2 aromatic rings. The predicted molar refractivity (Wildman–Crippen MR) is 160 cm³/mol. The Morgan fingerprint density at radius 1 is 0.952 bits per heavy atom. The molecule has 0 aliphatic heterocycles. The number of carbonyl (C=O) groups excluding carboxylic acids is 3. The maximum absolute atomic E-state index is 14.1. The molecular formula is C35H40O7. The van der Waals surface area contributed by atoms with E-state index in [1.165, 1.54) is 11.6 Å². The predicted octanol–water partition coefficient (Wildman–Crippen LogP) is 6.34. The average Bonchev–Trinajstić information content (AvgIpc) is 2.86. The van der Waals surface area contributed by atoms with Crippen LogP contribution in [0.15, 0.2) is 53.3 Å². The number of hydrogen-bond acceptors (Lipinski definition) is 7. The van der Waals surface area contributed by atoms with Gasteiger partial charge < -0.3 is 20.4 Å². The molecule has 3 aliphatic rings. The number of aliphatic hydroxyl groups is 3. The Morgan fingerprint density at radius 2 is 1.60 bits per heavy atom. The molecule has 0 aromatic heterocycles. The van der Waals surface area contributed by atoms with Crippen molar-refractivity contribution in [1.29, 1.82) is 0 Å². The van der Waals surface area contributed by atoms with Crippen molar-refractivity contribution in [2.75, 3.05) is 0 Å². The molecule has 1 fully saturated rings. The van der Waals surface area contributed by atoms with Gasteiger partial charge in [-0.15, -0.1) is 0 Å². The molecule has 0 radical (unpaired) electrons. The Kier molecular flexibility index (Phi) is 6.85. The maximum Gasteiger partial charge on any atom is 0.203 e. The molecule has 7 nitrogen and oxygen atoms in total. The van der Waals surface area contributed by atoms with Crippen LogP contribution in [0.1, 0.15) is 83.9 Å². The fraction of sp³-hybridized carbons (Fsp3) is 0.457. The van der Waals surface area contributed by atoms with Crippen LogP contribution in [0.2, 0.25) is 0 Å². The molecular weight excluding hydrogens is 532 g/mol. The molecule has 0 heterocycles. The number of rotatable bonds is 5. The lowest BCUT2D eigenvalue weighted by molar-refractivity contribution is -0.164. The molecule has 0 spiro atoms. The lowest BCUT2D eigenvalue weighted by Crippen LogP contribution is -2.65. The zero-order valence-electron chi connectivity index (χ0n) is 25.2. The molecule has 4 N–H and O–H groups in total. The number of carbonyl (C=O) groups is 3. The highest BCUT2D eigenvalue weighted by Gasteiger charge is 2.68. The summed E-state index contributed by atoms with van der Waals surface area (Å²) in [5.41, 5.74) is -1.77. The first-order valence-electron chi connectivity index (χ1n) is 14.6. The molecule has 7 heteroatoms. The van der Waals surface area contributed by atoms with Crippen LogP contribution in [0.25, 0.3) is 16.9 Å². The lowest BCUT2D eigenvalue weighted by atomic mass is 9.47. The van der Waals surface area contributed by atoms with Gasteiger partial charge in [0, 0.05) is 22.8 Å². The second-order valence-corrected chi connectivity index (χ2v) is 14.2. The Bertz CT molecular complexity index is 1590. The van der Waals surface area contributed by atoms with Crippen molar-refractivity contribution in [2.24, 2.45) is 16.2 Å². The first kappa shape index (κ1) is 29.8. The molecule has 3 aliphatic carbocycles. The molecule has 1 saturated carbocycles. The second kappa shape index (κ2) is 9.66. The van der Waals surface area contributed by atoms with Crippen molar-refractivity contribution < 1.29 is 34.8 Å². The molecule has 0 amide bonds. The van der Waals surface area contributed by atoms with Crippen LogP contribution in [0, 0.1) is 16.2 Å². The van der Waals surface area contributed by atoms with Gasteiger partial charge >= 0.3 is 0 Å². The molecule has 222 valence electrons. The summed E-state index contributed by atoms with van der Waals surface area (Å²) >= 11 is 0. The summed E-state index contributed by atoms with van der Waals surface area (Å²) < 4.78 is 0. The number of allylic oxidation sites excluding steroid dienone is 1. The van der Waals surface area contributed by atoms with Gasteiger partial charge in [0.2, 0.25) is 5.78 Å². The van der Waals surface area contributed by atoms with E-state index in [0.717, 1.165) is 37.3 Å². The molecule has 5 rings (SSSR count). The third kappa shape index (κ3) is 4.41. The summed E-state index contributed by atoms with van der Waals surface area (Å²) in [6.07, 6.45) is 3.17. The summed E-state index contributed by atoms with van der Waals surface area (Å²) in [7, 11) is 0. The number of fused-ring (bicyclic) bond motifs is 3. The Balaban J connectivity index is 1.61. The van der Waals surface area contributed by atoms with Crippen LogP contribution in [0.4, 0.5) is 0 Å². The maximum atomic E-state index is 14.1. The van der Waals surface area contributed by atoms with Crippen LogP contribution in [-0.2, 0) is 27.2 Å². The standard InChI is InChI=1S/C35H40O7/c1-19(36)26-25(38)17-34(6)18-33(5)16-23-22(21-11-9-20(10-12-21)8-7-15-32(2,3)4)13-14-24(37)27(23)29(39)28(33)31(41)35(34,42)30(26)40/h9-14,37,39-40,42H,7-8,15-18H2,1-6H3/t33-,34+,35+/m1/s1. The number of aliphatic hydroxyl groups excluding tert-OH is 2. The third-order valence-electron chi connectivity index (χ3n) is 9.56. The summed E-state index contributed by atoms with van der Waals surface area (Å²) in [6.45, 7) is 11.1. The van der Waals surface area contributed by atoms with Gasteiger partial charge in [-0.2, -0.15) is 0 Å². The number of phenolic OH excluding ortho intramolecular Hbond substituents is 1. The number of Topliss-reactive ketones (excluding diaryl/α,β-unsaturated/α-hetero) is 3. The van der Waals surface area contributed by atoms with Gasteiger partial charge in [0.15, 0.2) is 17.2 Å². The SMILES string of the molecule is CC(=O)C1=C(O)[C@]2(O)C(=O)C3=C(O)c4c(O)ccc(-c5ccc(CCCC(C)(C)C)cc5)c4C[C@]3(C)C[C@]2(C)CC1=O. The van der Waals surface area contributed by atoms with E-state index in [-0.39, 0.29) is 41.6 Å². The van der Waals surface area contributed by atoms with Gasteiger partial charge in [0.25, 0.3) is 0 Å². The van der Waals surface area contributed by atoms with Crippen molar-refractivity contribution >= 4 is 23.1 Å². The third-order valence-corrected chi connectivity index (χ3v) is 9.56. The largest absolute Gasteiger partial charge is 0.508 e. The van der Waals surface area contributed by atoms with E-state index >= 15 is 0 Å². The van der Waals surface area contributed by atoms with Gasteiger partial charge in [-0.05, 0) is 72.8 Å². The minimum absolute atomic E-state index is 0.0733. The number of aryl methyl sites for hydroxylation is 1. The van der Waals surface area contributed by atoms with E-state index in [0.29, 0.717) is 5.56 Å². The number of aromatic hydroxyl groups is 1. The van der Waals surface area contributed by atoms with Crippen LogP contribution < -0.4 is 0 Å². The van der Waals surface area contributed by atoms with Crippen molar-refractivity contribution in [3.8, 4) is 16.9 Å². The summed E-state index contributed by atoms with van der Waals surface area (Å²) in [4.78, 5) is 39.3. The fourth-order valence-corrected chi connectivity index (χ4v) is 7.60.